The number of hydrogen-bond acceptors (Lipinski definition) is 4. The summed E-state index contributed by atoms with van der Waals surface area (Å²) in [4.78, 5) is 12.8. The van der Waals surface area contributed by atoms with E-state index < -0.39 is 11.8 Å². The van der Waals surface area contributed by atoms with E-state index in [-0.39, 0.29) is 6.04 Å². The average Bonchev–Trinajstić information content (AvgIpc) is 3.00. The van der Waals surface area contributed by atoms with Gasteiger partial charge in [-0.05, 0) is 42.7 Å². The fraction of sp³-hybridized carbons (Fsp3) is 0.267. The maximum atomic E-state index is 13.9. The number of aryl methyl sites for hydroxylation is 1. The predicted octanol–water partition coefficient (Wildman–Crippen LogP) is 4.43. The lowest BCUT2D eigenvalue weighted by Crippen LogP contribution is -2.10. The number of anilines is 1. The monoisotopic (exact) mass is 325 g/mol. The van der Waals surface area contributed by atoms with Gasteiger partial charge in [-0.25, -0.2) is 9.18 Å². The van der Waals surface area contributed by atoms with Gasteiger partial charge in [-0.3, -0.25) is 0 Å². The minimum absolute atomic E-state index is 0.0196. The third-order valence-corrected chi connectivity index (χ3v) is 4.90. The molecule has 0 saturated heterocycles. The number of esters is 1. The van der Waals surface area contributed by atoms with E-state index in [9.17, 15) is 9.18 Å². The van der Waals surface area contributed by atoms with Gasteiger partial charge < -0.3 is 10.1 Å². The van der Waals surface area contributed by atoms with Crippen LogP contribution in [0.3, 0.4) is 0 Å². The molecule has 6 heteroatoms. The number of hydrogen-bond donors (Lipinski definition) is 1. The summed E-state index contributed by atoms with van der Waals surface area (Å²) >= 11 is 7.58. The summed E-state index contributed by atoms with van der Waals surface area (Å²) in [6.45, 7) is 0. The topological polar surface area (TPSA) is 38.3 Å². The van der Waals surface area contributed by atoms with Crippen LogP contribution in [0.1, 0.15) is 33.3 Å². The van der Waals surface area contributed by atoms with E-state index in [2.05, 4.69) is 10.1 Å². The van der Waals surface area contributed by atoms with Crippen molar-refractivity contribution in [2.45, 2.75) is 18.9 Å². The molecule has 1 aliphatic rings. The molecular weight excluding hydrogens is 313 g/mol. The van der Waals surface area contributed by atoms with E-state index >= 15 is 0 Å². The molecule has 0 saturated carbocycles. The molecule has 0 fully saturated rings. The number of thiophene rings is 1. The zero-order valence-corrected chi connectivity index (χ0v) is 12.9. The fourth-order valence-electron chi connectivity index (χ4n) is 2.55. The molecular formula is C15H13ClFNO2S. The molecule has 110 valence electrons. The van der Waals surface area contributed by atoms with Crippen LogP contribution in [0.5, 0.6) is 0 Å². The number of halogens is 2. The standard InChI is InChI=1S/C15H13ClFNO2S/c1-20-15(19)8-2-3-10(17)12(6-8)18-11-4-5-13-9(11)7-14(16)21-13/h2-3,6-7,11,18H,4-5H2,1H3. The lowest BCUT2D eigenvalue weighted by Gasteiger charge is -2.16. The number of carbonyl (C=O) groups excluding carboxylic acids is 1. The maximum Gasteiger partial charge on any atom is 0.337 e. The molecule has 1 heterocycles. The summed E-state index contributed by atoms with van der Waals surface area (Å²) in [6, 6.07) is 6.10. The first-order valence-corrected chi connectivity index (χ1v) is 7.70. The van der Waals surface area contributed by atoms with Gasteiger partial charge in [0.05, 0.1) is 28.7 Å². The van der Waals surface area contributed by atoms with Crippen LogP contribution in [0.4, 0.5) is 10.1 Å². The molecule has 1 unspecified atom stereocenters. The fourth-order valence-corrected chi connectivity index (χ4v) is 3.91. The molecule has 1 aromatic heterocycles. The molecule has 0 radical (unpaired) electrons. The zero-order chi connectivity index (χ0) is 15.0. The second-order valence-corrected chi connectivity index (χ2v) is 6.62. The number of methoxy groups -OCH3 is 1. The van der Waals surface area contributed by atoms with Crippen LogP contribution in [0.2, 0.25) is 4.34 Å². The van der Waals surface area contributed by atoms with Crippen LogP contribution in [-0.4, -0.2) is 13.1 Å². The van der Waals surface area contributed by atoms with Crippen molar-refractivity contribution in [3.63, 3.8) is 0 Å². The van der Waals surface area contributed by atoms with Crippen LogP contribution in [0.15, 0.2) is 24.3 Å². The molecule has 3 nitrogen and oxygen atoms in total. The number of nitrogens with one attached hydrogen (secondary N) is 1. The lowest BCUT2D eigenvalue weighted by molar-refractivity contribution is 0.0600. The first-order chi connectivity index (χ1) is 10.1. The normalized spacial score (nSPS) is 16.6. The first-order valence-electron chi connectivity index (χ1n) is 6.51. The Morgan fingerprint density at radius 1 is 1.48 bits per heavy atom. The Balaban J connectivity index is 1.87. The van der Waals surface area contributed by atoms with E-state index in [0.29, 0.717) is 11.3 Å². The quantitative estimate of drug-likeness (QED) is 0.849. The van der Waals surface area contributed by atoms with Crippen molar-refractivity contribution >= 4 is 34.6 Å². The summed E-state index contributed by atoms with van der Waals surface area (Å²) in [6.07, 6.45) is 1.82. The Kier molecular flexibility index (Phi) is 3.87. The smallest absolute Gasteiger partial charge is 0.337 e. The third kappa shape index (κ3) is 2.76. The van der Waals surface area contributed by atoms with Crippen LogP contribution < -0.4 is 5.32 Å². The summed E-state index contributed by atoms with van der Waals surface area (Å²) in [5.74, 6) is -0.874. The molecule has 21 heavy (non-hydrogen) atoms. The minimum Gasteiger partial charge on any atom is -0.465 e. The lowest BCUT2D eigenvalue weighted by atomic mass is 10.1. The van der Waals surface area contributed by atoms with Crippen molar-refractivity contribution in [3.8, 4) is 0 Å². The largest absolute Gasteiger partial charge is 0.465 e. The highest BCUT2D eigenvalue weighted by molar-refractivity contribution is 7.16. The molecule has 1 aliphatic carbocycles. The second-order valence-electron chi connectivity index (χ2n) is 4.85. The molecule has 1 aromatic carbocycles. The SMILES string of the molecule is COC(=O)c1ccc(F)c(NC2CCc3sc(Cl)cc32)c1. The zero-order valence-electron chi connectivity index (χ0n) is 11.3. The van der Waals surface area contributed by atoms with E-state index in [1.807, 2.05) is 6.07 Å². The van der Waals surface area contributed by atoms with Gasteiger partial charge in [-0.2, -0.15) is 0 Å². The first kappa shape index (κ1) is 14.4. The highest BCUT2D eigenvalue weighted by Gasteiger charge is 2.26. The Bertz CT molecular complexity index is 701. The number of benzene rings is 1. The molecule has 1 N–H and O–H groups in total. The van der Waals surface area contributed by atoms with E-state index in [4.69, 9.17) is 11.6 Å². The summed E-state index contributed by atoms with van der Waals surface area (Å²) < 4.78 is 19.3. The van der Waals surface area contributed by atoms with Gasteiger partial charge in [0.1, 0.15) is 5.82 Å². The summed E-state index contributed by atoms with van der Waals surface area (Å²) in [5.41, 5.74) is 1.74. The molecule has 0 spiro atoms. The average molecular weight is 326 g/mol. The molecule has 0 aliphatic heterocycles. The highest BCUT2D eigenvalue weighted by atomic mass is 35.5. The van der Waals surface area contributed by atoms with Crippen molar-refractivity contribution < 1.29 is 13.9 Å². The van der Waals surface area contributed by atoms with E-state index in [1.165, 1.54) is 30.2 Å². The Morgan fingerprint density at radius 3 is 3.05 bits per heavy atom. The van der Waals surface area contributed by atoms with Gasteiger partial charge in [-0.15, -0.1) is 11.3 Å². The van der Waals surface area contributed by atoms with Gasteiger partial charge in [0.2, 0.25) is 0 Å². The van der Waals surface area contributed by atoms with Gasteiger partial charge in [0.25, 0.3) is 0 Å². The van der Waals surface area contributed by atoms with Gasteiger partial charge in [0, 0.05) is 4.88 Å². The molecule has 0 amide bonds. The van der Waals surface area contributed by atoms with Crippen molar-refractivity contribution in [1.29, 1.82) is 0 Å². The minimum atomic E-state index is -0.483. The highest BCUT2D eigenvalue weighted by Crippen LogP contribution is 2.41. The Labute approximate surface area is 130 Å². The van der Waals surface area contributed by atoms with Crippen LogP contribution >= 0.6 is 22.9 Å². The second kappa shape index (κ2) is 5.66. The summed E-state index contributed by atoms with van der Waals surface area (Å²) in [7, 11) is 1.30. The number of carbonyl (C=O) groups is 1. The van der Waals surface area contributed by atoms with Gasteiger partial charge >= 0.3 is 5.97 Å². The van der Waals surface area contributed by atoms with Crippen molar-refractivity contribution in [1.82, 2.24) is 0 Å². The molecule has 2 aromatic rings. The van der Waals surface area contributed by atoms with Crippen LogP contribution in [0, 0.1) is 5.82 Å². The van der Waals surface area contributed by atoms with Gasteiger partial charge in [0.15, 0.2) is 0 Å². The van der Waals surface area contributed by atoms with Crippen LogP contribution in [-0.2, 0) is 11.2 Å². The van der Waals surface area contributed by atoms with Crippen molar-refractivity contribution in [3.05, 3.63) is 50.4 Å². The van der Waals surface area contributed by atoms with E-state index in [0.717, 1.165) is 22.7 Å². The molecule has 3 rings (SSSR count). The molecule has 1 atom stereocenters. The Hall–Kier alpha value is -1.59. The van der Waals surface area contributed by atoms with Crippen LogP contribution in [0.25, 0.3) is 0 Å². The number of rotatable bonds is 3. The molecule has 0 bridgehead atoms. The van der Waals surface area contributed by atoms with Crippen molar-refractivity contribution in [2.75, 3.05) is 12.4 Å². The number of fused-ring (bicyclic) bond motifs is 1. The van der Waals surface area contributed by atoms with Gasteiger partial charge in [-0.1, -0.05) is 11.6 Å². The predicted molar refractivity (Wildman–Crippen MR) is 81.8 cm³/mol. The maximum absolute atomic E-state index is 13.9. The number of ether oxygens (including phenoxy) is 1. The van der Waals surface area contributed by atoms with E-state index in [1.54, 1.807) is 11.3 Å². The van der Waals surface area contributed by atoms with Crippen molar-refractivity contribution in [2.24, 2.45) is 0 Å². The summed E-state index contributed by atoms with van der Waals surface area (Å²) in [5, 5.41) is 3.16. The third-order valence-electron chi connectivity index (χ3n) is 3.56. The Morgan fingerprint density at radius 2 is 2.29 bits per heavy atom.